The average molecular weight is 173 g/mol. The highest BCUT2D eigenvalue weighted by Gasteiger charge is 2.20. The van der Waals surface area contributed by atoms with Crippen LogP contribution in [-0.4, -0.2) is 37.5 Å². The van der Waals surface area contributed by atoms with Crippen LogP contribution in [0, 0.1) is 0 Å². The van der Waals surface area contributed by atoms with E-state index in [4.69, 9.17) is 9.84 Å². The van der Waals surface area contributed by atoms with Crippen LogP contribution < -0.4 is 5.32 Å². The van der Waals surface area contributed by atoms with Gasteiger partial charge in [-0.2, -0.15) is 0 Å². The van der Waals surface area contributed by atoms with E-state index in [1.165, 1.54) is 19.3 Å². The van der Waals surface area contributed by atoms with Crippen LogP contribution in [0.3, 0.4) is 0 Å². The second-order valence-corrected chi connectivity index (χ2v) is 3.40. The molecule has 0 aromatic rings. The third-order valence-electron chi connectivity index (χ3n) is 2.50. The molecule has 0 bridgehead atoms. The van der Waals surface area contributed by atoms with Gasteiger partial charge in [0.25, 0.3) is 0 Å². The molecule has 2 unspecified atom stereocenters. The summed E-state index contributed by atoms with van der Waals surface area (Å²) in [6.07, 6.45) is 5.17. The highest BCUT2D eigenvalue weighted by atomic mass is 16.5. The van der Waals surface area contributed by atoms with E-state index in [0.717, 1.165) is 6.42 Å². The molecule has 0 spiro atoms. The van der Waals surface area contributed by atoms with E-state index in [1.807, 2.05) is 0 Å². The van der Waals surface area contributed by atoms with Crippen molar-refractivity contribution in [2.75, 3.05) is 20.3 Å². The lowest BCUT2D eigenvalue weighted by Crippen LogP contribution is -2.37. The first kappa shape index (κ1) is 9.96. The van der Waals surface area contributed by atoms with Crippen LogP contribution in [0.2, 0.25) is 0 Å². The fraction of sp³-hybridized carbons (Fsp3) is 1.00. The molecule has 0 radical (unpaired) electrons. The topological polar surface area (TPSA) is 41.5 Å². The van der Waals surface area contributed by atoms with Crippen molar-refractivity contribution < 1.29 is 9.84 Å². The molecule has 1 aliphatic rings. The molecule has 1 aliphatic carbocycles. The molecule has 0 aliphatic heterocycles. The minimum atomic E-state index is 0.230. The van der Waals surface area contributed by atoms with Crippen molar-refractivity contribution in [3.63, 3.8) is 0 Å². The largest absolute Gasteiger partial charge is 0.395 e. The van der Waals surface area contributed by atoms with Gasteiger partial charge >= 0.3 is 0 Å². The lowest BCUT2D eigenvalue weighted by atomic mass is 9.93. The first-order chi connectivity index (χ1) is 5.86. The maximum Gasteiger partial charge on any atom is 0.0586 e. The molecule has 12 heavy (non-hydrogen) atoms. The van der Waals surface area contributed by atoms with Gasteiger partial charge in [0, 0.05) is 19.7 Å². The minimum Gasteiger partial charge on any atom is -0.395 e. The summed E-state index contributed by atoms with van der Waals surface area (Å²) in [6.45, 7) is 0.940. The molecule has 3 nitrogen and oxygen atoms in total. The summed E-state index contributed by atoms with van der Waals surface area (Å²) >= 11 is 0. The van der Waals surface area contributed by atoms with Crippen LogP contribution >= 0.6 is 0 Å². The number of aliphatic hydroxyl groups is 1. The number of hydrogen-bond donors (Lipinski definition) is 2. The zero-order valence-corrected chi connectivity index (χ0v) is 7.75. The molecule has 0 saturated heterocycles. The highest BCUT2D eigenvalue weighted by molar-refractivity contribution is 4.77. The van der Waals surface area contributed by atoms with E-state index in [0.29, 0.717) is 18.7 Å². The Bertz CT molecular complexity index is 119. The summed E-state index contributed by atoms with van der Waals surface area (Å²) in [5.41, 5.74) is 0. The fourth-order valence-electron chi connectivity index (χ4n) is 1.81. The van der Waals surface area contributed by atoms with Gasteiger partial charge in [0.05, 0.1) is 12.7 Å². The molecule has 1 fully saturated rings. The Morgan fingerprint density at radius 2 is 2.33 bits per heavy atom. The van der Waals surface area contributed by atoms with Crippen molar-refractivity contribution >= 4 is 0 Å². The molecule has 1 saturated carbocycles. The molecule has 0 amide bonds. The fourth-order valence-corrected chi connectivity index (χ4v) is 1.81. The highest BCUT2D eigenvalue weighted by Crippen LogP contribution is 2.20. The normalized spacial score (nSPS) is 30.5. The molecule has 0 aromatic heterocycles. The predicted octanol–water partition coefficient (Wildman–Crippen LogP) is 0.526. The van der Waals surface area contributed by atoms with E-state index in [1.54, 1.807) is 7.11 Å². The van der Waals surface area contributed by atoms with Crippen LogP contribution in [0.25, 0.3) is 0 Å². The molecule has 0 heterocycles. The van der Waals surface area contributed by atoms with Crippen LogP contribution in [0.4, 0.5) is 0 Å². The zero-order valence-electron chi connectivity index (χ0n) is 7.75. The first-order valence-electron chi connectivity index (χ1n) is 4.74. The molecule has 72 valence electrons. The summed E-state index contributed by atoms with van der Waals surface area (Å²) in [4.78, 5) is 0. The lowest BCUT2D eigenvalue weighted by Gasteiger charge is -2.28. The second kappa shape index (κ2) is 5.51. The van der Waals surface area contributed by atoms with Gasteiger partial charge in [-0.1, -0.05) is 0 Å². The first-order valence-corrected chi connectivity index (χ1v) is 4.74. The average Bonchev–Trinajstić information content (AvgIpc) is 2.15. The summed E-state index contributed by atoms with van der Waals surface area (Å²) in [5, 5.41) is 11.9. The van der Waals surface area contributed by atoms with E-state index in [-0.39, 0.29) is 6.61 Å². The Kier molecular flexibility index (Phi) is 4.58. The Morgan fingerprint density at radius 1 is 1.50 bits per heavy atom. The van der Waals surface area contributed by atoms with E-state index >= 15 is 0 Å². The van der Waals surface area contributed by atoms with Gasteiger partial charge in [-0.15, -0.1) is 0 Å². The third-order valence-corrected chi connectivity index (χ3v) is 2.50. The van der Waals surface area contributed by atoms with Crippen molar-refractivity contribution in [3.05, 3.63) is 0 Å². The smallest absolute Gasteiger partial charge is 0.0586 e. The minimum absolute atomic E-state index is 0.230. The molecular formula is C9H19NO2. The van der Waals surface area contributed by atoms with Crippen molar-refractivity contribution in [2.24, 2.45) is 0 Å². The van der Waals surface area contributed by atoms with Crippen LogP contribution in [0.5, 0.6) is 0 Å². The lowest BCUT2D eigenvalue weighted by molar-refractivity contribution is 0.0581. The predicted molar refractivity (Wildman–Crippen MR) is 48.1 cm³/mol. The maximum atomic E-state index is 8.63. The van der Waals surface area contributed by atoms with Gasteiger partial charge in [-0.05, 0) is 25.7 Å². The standard InChI is InChI=1S/C9H19NO2/c1-12-9-4-2-3-8(7-9)10-5-6-11/h8-11H,2-7H2,1H3. The van der Waals surface area contributed by atoms with Crippen molar-refractivity contribution in [1.82, 2.24) is 5.32 Å². The molecule has 2 N–H and O–H groups in total. The Morgan fingerprint density at radius 3 is 3.00 bits per heavy atom. The summed E-state index contributed by atoms with van der Waals surface area (Å²) in [6, 6.07) is 0.552. The summed E-state index contributed by atoms with van der Waals surface area (Å²) in [5.74, 6) is 0. The zero-order chi connectivity index (χ0) is 8.81. The quantitative estimate of drug-likeness (QED) is 0.651. The number of hydrogen-bond acceptors (Lipinski definition) is 3. The maximum absolute atomic E-state index is 8.63. The van der Waals surface area contributed by atoms with Crippen LogP contribution in [0.1, 0.15) is 25.7 Å². The second-order valence-electron chi connectivity index (χ2n) is 3.40. The number of rotatable bonds is 4. The number of aliphatic hydroxyl groups excluding tert-OH is 1. The van der Waals surface area contributed by atoms with E-state index in [2.05, 4.69) is 5.32 Å². The van der Waals surface area contributed by atoms with Gasteiger partial charge in [0.2, 0.25) is 0 Å². The van der Waals surface area contributed by atoms with E-state index < -0.39 is 0 Å². The van der Waals surface area contributed by atoms with Crippen LogP contribution in [0.15, 0.2) is 0 Å². The van der Waals surface area contributed by atoms with Gasteiger partial charge in [0.1, 0.15) is 0 Å². The summed E-state index contributed by atoms with van der Waals surface area (Å²) < 4.78 is 5.30. The Balaban J connectivity index is 2.16. The number of nitrogens with one attached hydrogen (secondary N) is 1. The van der Waals surface area contributed by atoms with E-state index in [9.17, 15) is 0 Å². The van der Waals surface area contributed by atoms with Gasteiger partial charge in [-0.25, -0.2) is 0 Å². The molecule has 3 heteroatoms. The van der Waals surface area contributed by atoms with Crippen molar-refractivity contribution in [2.45, 2.75) is 37.8 Å². The van der Waals surface area contributed by atoms with Gasteiger partial charge in [-0.3, -0.25) is 0 Å². The SMILES string of the molecule is COC1CCCC(NCCO)C1. The molecule has 1 rings (SSSR count). The number of methoxy groups -OCH3 is 1. The third kappa shape index (κ3) is 3.09. The van der Waals surface area contributed by atoms with Gasteiger partial charge in [0.15, 0.2) is 0 Å². The van der Waals surface area contributed by atoms with Gasteiger partial charge < -0.3 is 15.2 Å². The monoisotopic (exact) mass is 173 g/mol. The Hall–Kier alpha value is -0.120. The Labute approximate surface area is 74.1 Å². The summed E-state index contributed by atoms with van der Waals surface area (Å²) in [7, 11) is 1.78. The molecule has 0 aromatic carbocycles. The number of ether oxygens (including phenoxy) is 1. The molecule has 2 atom stereocenters. The van der Waals surface area contributed by atoms with Crippen molar-refractivity contribution in [1.29, 1.82) is 0 Å². The van der Waals surface area contributed by atoms with Crippen molar-refractivity contribution in [3.8, 4) is 0 Å². The van der Waals surface area contributed by atoms with Crippen LogP contribution in [-0.2, 0) is 4.74 Å². The molecular weight excluding hydrogens is 154 g/mol.